The first-order valence-corrected chi connectivity index (χ1v) is 5.84. The molecule has 0 saturated heterocycles. The molecule has 5 heteroatoms. The van der Waals surface area contributed by atoms with Crippen molar-refractivity contribution in [3.05, 3.63) is 0 Å². The molecule has 0 heterocycles. The van der Waals surface area contributed by atoms with Gasteiger partial charge in [-0.3, -0.25) is 0 Å². The fourth-order valence-corrected chi connectivity index (χ4v) is 0.531. The van der Waals surface area contributed by atoms with E-state index in [0.29, 0.717) is 6.42 Å². The largest absolute Gasteiger partial charge is 0.506 e. The quantitative estimate of drug-likeness (QED) is 0.458. The van der Waals surface area contributed by atoms with Gasteiger partial charge in [-0.05, 0) is 48.0 Å². The van der Waals surface area contributed by atoms with E-state index in [1.165, 1.54) is 0 Å². The molecule has 0 aromatic carbocycles. The Balaban J connectivity index is 0. The van der Waals surface area contributed by atoms with Gasteiger partial charge in [0.05, 0.1) is 12.2 Å². The Morgan fingerprint density at radius 1 is 1.12 bits per heavy atom. The smallest absolute Gasteiger partial charge is 0.450 e. The van der Waals surface area contributed by atoms with E-state index in [0.717, 1.165) is 0 Å². The van der Waals surface area contributed by atoms with Gasteiger partial charge in [0.2, 0.25) is 0 Å². The van der Waals surface area contributed by atoms with Crippen molar-refractivity contribution in [2.24, 2.45) is 0 Å². The van der Waals surface area contributed by atoms with Crippen LogP contribution in [0.25, 0.3) is 0 Å². The minimum Gasteiger partial charge on any atom is -0.450 e. The molecule has 0 atom stereocenters. The molecule has 0 rings (SSSR count). The van der Waals surface area contributed by atoms with Gasteiger partial charge < -0.3 is 9.84 Å². The first-order chi connectivity index (χ1) is 7.60. The minimum atomic E-state index is -1.21. The lowest BCUT2D eigenvalue weighted by molar-refractivity contribution is -0.337. The van der Waals surface area contributed by atoms with E-state index in [9.17, 15) is 4.79 Å². The van der Waals surface area contributed by atoms with Gasteiger partial charge in [0.25, 0.3) is 0 Å². The molecule has 0 saturated carbocycles. The average Bonchev–Trinajstić information content (AvgIpc) is 2.14. The second-order valence-corrected chi connectivity index (χ2v) is 4.77. The van der Waals surface area contributed by atoms with E-state index in [1.54, 1.807) is 13.8 Å². The molecular formula is C12H26O5. The molecule has 0 fully saturated rings. The second-order valence-electron chi connectivity index (χ2n) is 4.77. The zero-order chi connectivity index (χ0) is 14.1. The summed E-state index contributed by atoms with van der Waals surface area (Å²) in [6, 6.07) is 0. The van der Waals surface area contributed by atoms with Gasteiger partial charge in [-0.2, -0.15) is 0 Å². The summed E-state index contributed by atoms with van der Waals surface area (Å²) in [5.41, 5.74) is -0.536. The van der Waals surface area contributed by atoms with Crippen LogP contribution in [0.4, 0.5) is 4.79 Å². The Bertz CT molecular complexity index is 191. The van der Waals surface area contributed by atoms with Crippen molar-refractivity contribution in [1.82, 2.24) is 0 Å². The molecule has 0 unspecified atom stereocenters. The Hall–Kier alpha value is -0.810. The number of rotatable bonds is 5. The number of carbonyl (C=O) groups is 1. The third-order valence-electron chi connectivity index (χ3n) is 1.66. The SMILES string of the molecule is CC(C)OOC(C)C.CCC(C)(C)OC(=O)O. The molecule has 1 N–H and O–H groups in total. The third kappa shape index (κ3) is 17.8. The highest BCUT2D eigenvalue weighted by Gasteiger charge is 2.18. The van der Waals surface area contributed by atoms with E-state index in [1.807, 2.05) is 34.6 Å². The maximum absolute atomic E-state index is 9.95. The minimum absolute atomic E-state index is 0.164. The molecule has 17 heavy (non-hydrogen) atoms. The molecule has 0 aliphatic heterocycles. The lowest BCUT2D eigenvalue weighted by Crippen LogP contribution is -2.25. The van der Waals surface area contributed by atoms with Crippen LogP contribution in [-0.2, 0) is 14.5 Å². The summed E-state index contributed by atoms with van der Waals surface area (Å²) in [4.78, 5) is 19.6. The fourth-order valence-electron chi connectivity index (χ4n) is 0.531. The Labute approximate surface area is 104 Å². The van der Waals surface area contributed by atoms with Crippen LogP contribution in [0.1, 0.15) is 54.9 Å². The molecule has 0 aliphatic rings. The zero-order valence-electron chi connectivity index (χ0n) is 11.9. The molecule has 0 spiro atoms. The van der Waals surface area contributed by atoms with Crippen molar-refractivity contribution in [2.75, 3.05) is 0 Å². The zero-order valence-corrected chi connectivity index (χ0v) is 11.9. The Kier molecular flexibility index (Phi) is 10.1. The number of ether oxygens (including phenoxy) is 1. The van der Waals surface area contributed by atoms with Crippen molar-refractivity contribution in [2.45, 2.75) is 72.7 Å². The number of hydrogen-bond acceptors (Lipinski definition) is 4. The maximum Gasteiger partial charge on any atom is 0.506 e. The summed E-state index contributed by atoms with van der Waals surface area (Å²) in [6.07, 6.45) is -0.184. The third-order valence-corrected chi connectivity index (χ3v) is 1.66. The van der Waals surface area contributed by atoms with Crippen molar-refractivity contribution < 1.29 is 24.4 Å². The van der Waals surface area contributed by atoms with Crippen LogP contribution in [-0.4, -0.2) is 29.1 Å². The van der Waals surface area contributed by atoms with Crippen LogP contribution < -0.4 is 0 Å². The van der Waals surface area contributed by atoms with Gasteiger partial charge in [-0.25, -0.2) is 14.6 Å². The van der Waals surface area contributed by atoms with Crippen molar-refractivity contribution in [3.63, 3.8) is 0 Å². The number of carboxylic acid groups (broad SMARTS) is 1. The van der Waals surface area contributed by atoms with Gasteiger partial charge in [0, 0.05) is 0 Å². The predicted octanol–water partition coefficient (Wildman–Crippen LogP) is 3.62. The standard InChI is InChI=1S/C6H12O3.C6H14O2/c1-4-6(2,3)9-5(7)8;1-5(2)7-8-6(3)4/h4H2,1-3H3,(H,7,8);5-6H,1-4H3. The topological polar surface area (TPSA) is 65.0 Å². The van der Waals surface area contributed by atoms with E-state index in [-0.39, 0.29) is 12.2 Å². The molecule has 104 valence electrons. The fraction of sp³-hybridized carbons (Fsp3) is 0.917. The molecule has 0 amide bonds. The molecule has 0 bridgehead atoms. The lowest BCUT2D eigenvalue weighted by atomic mass is 10.1. The average molecular weight is 250 g/mol. The van der Waals surface area contributed by atoms with Crippen LogP contribution >= 0.6 is 0 Å². The van der Waals surface area contributed by atoms with Crippen LogP contribution in [0, 0.1) is 0 Å². The predicted molar refractivity (Wildman–Crippen MR) is 65.9 cm³/mol. The van der Waals surface area contributed by atoms with Crippen LogP contribution in [0.3, 0.4) is 0 Å². The molecule has 5 nitrogen and oxygen atoms in total. The lowest BCUT2D eigenvalue weighted by Gasteiger charge is -2.20. The maximum atomic E-state index is 9.95. The highest BCUT2D eigenvalue weighted by atomic mass is 17.2. The normalized spacial score (nSPS) is 11.1. The summed E-state index contributed by atoms with van der Waals surface area (Å²) in [7, 11) is 0. The van der Waals surface area contributed by atoms with Crippen molar-refractivity contribution in [3.8, 4) is 0 Å². The van der Waals surface area contributed by atoms with E-state index in [2.05, 4.69) is 4.74 Å². The molecular weight excluding hydrogens is 224 g/mol. The van der Waals surface area contributed by atoms with Gasteiger partial charge in [0.1, 0.15) is 5.60 Å². The highest BCUT2D eigenvalue weighted by molar-refractivity contribution is 5.57. The summed E-state index contributed by atoms with van der Waals surface area (Å²) in [6.45, 7) is 13.1. The number of hydrogen-bond donors (Lipinski definition) is 1. The monoisotopic (exact) mass is 250 g/mol. The van der Waals surface area contributed by atoms with Gasteiger partial charge in [-0.1, -0.05) is 6.92 Å². The van der Waals surface area contributed by atoms with Gasteiger partial charge >= 0.3 is 6.16 Å². The van der Waals surface area contributed by atoms with Gasteiger partial charge in [0.15, 0.2) is 0 Å². The second kappa shape index (κ2) is 9.24. The molecule has 0 aromatic rings. The Morgan fingerprint density at radius 2 is 1.47 bits per heavy atom. The highest BCUT2D eigenvalue weighted by Crippen LogP contribution is 2.12. The van der Waals surface area contributed by atoms with Crippen LogP contribution in [0.5, 0.6) is 0 Å². The summed E-state index contributed by atoms with van der Waals surface area (Å²) < 4.78 is 4.50. The molecule has 0 aromatic heterocycles. The van der Waals surface area contributed by atoms with E-state index >= 15 is 0 Å². The first-order valence-electron chi connectivity index (χ1n) is 5.84. The summed E-state index contributed by atoms with van der Waals surface area (Å²) >= 11 is 0. The molecule has 0 aliphatic carbocycles. The van der Waals surface area contributed by atoms with Crippen LogP contribution in [0.2, 0.25) is 0 Å². The summed E-state index contributed by atoms with van der Waals surface area (Å²) in [5.74, 6) is 0. The van der Waals surface area contributed by atoms with E-state index in [4.69, 9.17) is 14.9 Å². The van der Waals surface area contributed by atoms with Crippen molar-refractivity contribution >= 4 is 6.16 Å². The van der Waals surface area contributed by atoms with E-state index < -0.39 is 11.8 Å². The summed E-state index contributed by atoms with van der Waals surface area (Å²) in [5, 5.41) is 8.16. The van der Waals surface area contributed by atoms with Crippen molar-refractivity contribution in [1.29, 1.82) is 0 Å². The first kappa shape index (κ1) is 18.6. The Morgan fingerprint density at radius 3 is 1.59 bits per heavy atom. The van der Waals surface area contributed by atoms with Crippen LogP contribution in [0.15, 0.2) is 0 Å². The van der Waals surface area contributed by atoms with Gasteiger partial charge in [-0.15, -0.1) is 0 Å². The molecule has 0 radical (unpaired) electrons.